The van der Waals surface area contributed by atoms with Crippen LogP contribution in [-0.2, 0) is 4.79 Å². The fourth-order valence-electron chi connectivity index (χ4n) is 1.89. The van der Waals surface area contributed by atoms with Crippen molar-refractivity contribution < 1.29 is 14.7 Å². The molecule has 0 aromatic heterocycles. The van der Waals surface area contributed by atoms with Gasteiger partial charge in [0.25, 0.3) is 0 Å². The van der Waals surface area contributed by atoms with Gasteiger partial charge in [-0.1, -0.05) is 42.4 Å². The van der Waals surface area contributed by atoms with E-state index in [1.54, 1.807) is 24.3 Å². The highest BCUT2D eigenvalue weighted by molar-refractivity contribution is 6.48. The third-order valence-electron chi connectivity index (χ3n) is 2.96. The van der Waals surface area contributed by atoms with Crippen LogP contribution >= 0.6 is 11.6 Å². The minimum Gasteiger partial charge on any atom is -0.478 e. The van der Waals surface area contributed by atoms with E-state index in [1.165, 1.54) is 13.0 Å². The van der Waals surface area contributed by atoms with Gasteiger partial charge >= 0.3 is 5.97 Å². The van der Waals surface area contributed by atoms with Crippen molar-refractivity contribution in [2.24, 2.45) is 0 Å². The van der Waals surface area contributed by atoms with Crippen LogP contribution in [0.5, 0.6) is 0 Å². The average Bonchev–Trinajstić information content (AvgIpc) is 2.40. The van der Waals surface area contributed by atoms with E-state index in [1.807, 2.05) is 0 Å². The summed E-state index contributed by atoms with van der Waals surface area (Å²) in [5.41, 5.74) is 2.19. The van der Waals surface area contributed by atoms with E-state index in [2.05, 4.69) is 6.58 Å². The smallest absolute Gasteiger partial charge is 0.331 e. The number of rotatable bonds is 2. The molecule has 1 N–H and O–H groups in total. The number of carboxylic acid groups (broad SMARTS) is 1. The first kappa shape index (κ1) is 13.3. The van der Waals surface area contributed by atoms with Gasteiger partial charge in [-0.25, -0.2) is 4.79 Å². The number of carboxylic acids is 1. The van der Waals surface area contributed by atoms with Crippen molar-refractivity contribution in [3.63, 3.8) is 0 Å². The highest BCUT2D eigenvalue weighted by Crippen LogP contribution is 2.36. The van der Waals surface area contributed by atoms with Gasteiger partial charge in [0.05, 0.1) is 5.03 Å². The van der Waals surface area contributed by atoms with Crippen LogP contribution in [0.2, 0.25) is 0 Å². The van der Waals surface area contributed by atoms with Crippen LogP contribution in [0.25, 0.3) is 5.57 Å². The second kappa shape index (κ2) is 4.86. The second-order valence-electron chi connectivity index (χ2n) is 4.21. The van der Waals surface area contributed by atoms with Crippen molar-refractivity contribution in [3.8, 4) is 0 Å². The molecule has 0 saturated carbocycles. The lowest BCUT2D eigenvalue weighted by Gasteiger charge is -2.19. The number of allylic oxidation sites excluding steroid dienone is 4. The van der Waals surface area contributed by atoms with E-state index in [-0.39, 0.29) is 16.4 Å². The fraction of sp³-hybridized carbons (Fsp3) is 0.0667. The van der Waals surface area contributed by atoms with Gasteiger partial charge in [0.2, 0.25) is 5.78 Å². The molecule has 2 rings (SSSR count). The van der Waals surface area contributed by atoms with Crippen LogP contribution in [0.3, 0.4) is 0 Å². The Morgan fingerprint density at radius 1 is 1.32 bits per heavy atom. The molecule has 0 bridgehead atoms. The first-order valence-electron chi connectivity index (χ1n) is 5.58. The summed E-state index contributed by atoms with van der Waals surface area (Å²) in [5, 5.41) is 8.90. The van der Waals surface area contributed by atoms with Gasteiger partial charge in [-0.15, -0.1) is 0 Å². The van der Waals surface area contributed by atoms with E-state index < -0.39 is 5.97 Å². The van der Waals surface area contributed by atoms with Gasteiger partial charge in [-0.2, -0.15) is 0 Å². The number of hydrogen-bond donors (Lipinski definition) is 1. The number of Topliss-reactive ketones (excluding diaryl/α,β-unsaturated/α-hetero) is 1. The van der Waals surface area contributed by atoms with Crippen molar-refractivity contribution in [1.82, 2.24) is 0 Å². The molecule has 0 aliphatic heterocycles. The standard InChI is InChI=1S/C15H11ClO3/c1-8(15(18)19)7-12-9(2)10-5-3-4-6-11(10)14(17)13(12)16/h3-7H,2H2,1H3,(H,18,19)/b8-7+. The predicted molar refractivity (Wildman–Crippen MR) is 74.1 cm³/mol. The van der Waals surface area contributed by atoms with E-state index >= 15 is 0 Å². The van der Waals surface area contributed by atoms with Gasteiger partial charge in [0.1, 0.15) is 0 Å². The average molecular weight is 275 g/mol. The number of ketones is 1. The maximum atomic E-state index is 12.1. The molecule has 0 unspecified atom stereocenters. The molecule has 1 aliphatic rings. The van der Waals surface area contributed by atoms with Gasteiger partial charge in [-0.05, 0) is 24.1 Å². The summed E-state index contributed by atoms with van der Waals surface area (Å²) in [7, 11) is 0. The van der Waals surface area contributed by atoms with Crippen LogP contribution in [0.4, 0.5) is 0 Å². The summed E-state index contributed by atoms with van der Waals surface area (Å²) < 4.78 is 0. The maximum Gasteiger partial charge on any atom is 0.331 e. The molecule has 4 heteroatoms. The SMILES string of the molecule is C=C1C(/C=C(\C)C(=O)O)=C(Cl)C(=O)c2ccccc21. The molecule has 3 nitrogen and oxygen atoms in total. The molecule has 0 amide bonds. The lowest BCUT2D eigenvalue weighted by Crippen LogP contribution is -2.12. The molecule has 0 radical (unpaired) electrons. The van der Waals surface area contributed by atoms with E-state index in [9.17, 15) is 9.59 Å². The van der Waals surface area contributed by atoms with Crippen LogP contribution in [-0.4, -0.2) is 16.9 Å². The highest BCUT2D eigenvalue weighted by atomic mass is 35.5. The Morgan fingerprint density at radius 3 is 2.47 bits per heavy atom. The Balaban J connectivity index is 2.61. The maximum absolute atomic E-state index is 12.1. The van der Waals surface area contributed by atoms with Gasteiger partial charge in [0, 0.05) is 16.7 Å². The Labute approximate surface area is 115 Å². The molecule has 0 spiro atoms. The summed E-state index contributed by atoms with van der Waals surface area (Å²) in [5.74, 6) is -1.37. The summed E-state index contributed by atoms with van der Waals surface area (Å²) in [6.07, 6.45) is 1.38. The van der Waals surface area contributed by atoms with Gasteiger partial charge in [0.15, 0.2) is 0 Å². The molecular weight excluding hydrogens is 264 g/mol. The molecule has 96 valence electrons. The van der Waals surface area contributed by atoms with Crippen molar-refractivity contribution in [3.05, 3.63) is 64.2 Å². The lowest BCUT2D eigenvalue weighted by atomic mass is 9.86. The van der Waals surface area contributed by atoms with Crippen molar-refractivity contribution in [2.45, 2.75) is 6.92 Å². The third-order valence-corrected chi connectivity index (χ3v) is 3.33. The number of hydrogen-bond acceptors (Lipinski definition) is 2. The van der Waals surface area contributed by atoms with Gasteiger partial charge < -0.3 is 5.11 Å². The molecule has 0 atom stereocenters. The number of carbonyl (C=O) groups excluding carboxylic acids is 1. The number of halogens is 1. The highest BCUT2D eigenvalue weighted by Gasteiger charge is 2.26. The van der Waals surface area contributed by atoms with Crippen LogP contribution in [0.15, 0.2) is 53.1 Å². The second-order valence-corrected chi connectivity index (χ2v) is 4.59. The van der Waals surface area contributed by atoms with E-state index in [0.29, 0.717) is 22.3 Å². The zero-order valence-corrected chi connectivity index (χ0v) is 11.0. The fourth-order valence-corrected chi connectivity index (χ4v) is 2.16. The zero-order valence-electron chi connectivity index (χ0n) is 10.2. The molecule has 19 heavy (non-hydrogen) atoms. The van der Waals surface area contributed by atoms with Crippen LogP contribution < -0.4 is 0 Å². The zero-order chi connectivity index (χ0) is 14.2. The molecule has 0 fully saturated rings. The first-order chi connectivity index (χ1) is 8.93. The van der Waals surface area contributed by atoms with Crippen molar-refractivity contribution >= 4 is 28.9 Å². The Hall–Kier alpha value is -2.13. The summed E-state index contributed by atoms with van der Waals surface area (Å²) >= 11 is 6.04. The monoisotopic (exact) mass is 274 g/mol. The number of fused-ring (bicyclic) bond motifs is 1. The summed E-state index contributed by atoms with van der Waals surface area (Å²) in [6, 6.07) is 6.98. The largest absolute Gasteiger partial charge is 0.478 e. The Morgan fingerprint density at radius 2 is 1.89 bits per heavy atom. The Kier molecular flexibility index (Phi) is 3.40. The quantitative estimate of drug-likeness (QED) is 0.841. The lowest BCUT2D eigenvalue weighted by molar-refractivity contribution is -0.132. The molecule has 0 heterocycles. The molecule has 1 aromatic carbocycles. The molecular formula is C15H11ClO3. The minimum absolute atomic E-state index is 0.00398. The molecule has 0 saturated heterocycles. The molecule has 1 aliphatic carbocycles. The van der Waals surface area contributed by atoms with E-state index in [4.69, 9.17) is 16.7 Å². The topological polar surface area (TPSA) is 54.4 Å². The summed E-state index contributed by atoms with van der Waals surface area (Å²) in [6.45, 7) is 5.34. The Bertz CT molecular complexity index is 666. The van der Waals surface area contributed by atoms with Crippen molar-refractivity contribution in [2.75, 3.05) is 0 Å². The number of carbonyl (C=O) groups is 2. The predicted octanol–water partition coefficient (Wildman–Crippen LogP) is 3.42. The minimum atomic E-state index is -1.06. The van der Waals surface area contributed by atoms with Crippen LogP contribution in [0, 0.1) is 0 Å². The third kappa shape index (κ3) is 2.25. The van der Waals surface area contributed by atoms with Gasteiger partial charge in [-0.3, -0.25) is 4.79 Å². The molecule has 1 aromatic rings. The number of benzene rings is 1. The van der Waals surface area contributed by atoms with Crippen LogP contribution in [0.1, 0.15) is 22.8 Å². The van der Waals surface area contributed by atoms with Crippen molar-refractivity contribution in [1.29, 1.82) is 0 Å². The summed E-state index contributed by atoms with van der Waals surface area (Å²) in [4.78, 5) is 23.0. The van der Waals surface area contributed by atoms with E-state index in [0.717, 1.165) is 0 Å². The normalized spacial score (nSPS) is 15.6. The first-order valence-corrected chi connectivity index (χ1v) is 5.96. The number of aliphatic carboxylic acids is 1.